The predicted octanol–water partition coefficient (Wildman–Crippen LogP) is 2.32. The Morgan fingerprint density at radius 3 is 2.59 bits per heavy atom. The quantitative estimate of drug-likeness (QED) is 0.873. The first-order chi connectivity index (χ1) is 8.27. The Bertz CT molecular complexity index is 340. The molecule has 0 saturated carbocycles. The Morgan fingerprint density at radius 2 is 2.06 bits per heavy atom. The fourth-order valence-corrected chi connectivity index (χ4v) is 2.36. The van der Waals surface area contributed by atoms with Crippen LogP contribution in [0.5, 0.6) is 0 Å². The summed E-state index contributed by atoms with van der Waals surface area (Å²) in [5.41, 5.74) is 0. The van der Waals surface area contributed by atoms with Crippen LogP contribution in [-0.2, 0) is 4.79 Å². The second-order valence-electron chi connectivity index (χ2n) is 4.62. The van der Waals surface area contributed by atoms with Gasteiger partial charge in [-0.2, -0.15) is 0 Å². The number of nitrogens with zero attached hydrogens (tertiary/aromatic N) is 1. The van der Waals surface area contributed by atoms with Crippen molar-refractivity contribution in [2.75, 3.05) is 19.6 Å². The molecule has 1 N–H and O–H groups in total. The lowest BCUT2D eigenvalue weighted by Crippen LogP contribution is -2.32. The number of carboxylic acids is 1. The van der Waals surface area contributed by atoms with E-state index in [0.29, 0.717) is 12.3 Å². The predicted molar refractivity (Wildman–Crippen MR) is 64.0 cm³/mol. The fraction of sp³-hybridized carbons (Fsp3) is 0.615. The molecule has 2 heterocycles. The van der Waals surface area contributed by atoms with Gasteiger partial charge in [0, 0.05) is 6.54 Å². The smallest absolute Gasteiger partial charge is 0.315 e. The average molecular weight is 237 g/mol. The molecule has 1 aliphatic heterocycles. The second-order valence-corrected chi connectivity index (χ2v) is 4.62. The van der Waals surface area contributed by atoms with Crippen LogP contribution in [0, 0.1) is 0 Å². The van der Waals surface area contributed by atoms with Gasteiger partial charge in [-0.3, -0.25) is 4.79 Å². The van der Waals surface area contributed by atoms with E-state index >= 15 is 0 Å². The Balaban J connectivity index is 2.00. The van der Waals surface area contributed by atoms with Crippen molar-refractivity contribution >= 4 is 5.97 Å². The van der Waals surface area contributed by atoms with E-state index in [9.17, 15) is 9.90 Å². The largest absolute Gasteiger partial charge is 0.481 e. The molecular formula is C13H19NO3. The molecule has 1 aromatic rings. The average Bonchev–Trinajstić information content (AvgIpc) is 2.70. The lowest BCUT2D eigenvalue weighted by Gasteiger charge is -2.22. The standard InChI is InChI=1S/C13H19NO3/c15-13(16)11(12-6-5-9-17-12)10-14-7-3-1-2-4-8-14/h5-6,9,11H,1-4,7-8,10H2,(H,15,16). The first-order valence-electron chi connectivity index (χ1n) is 6.26. The zero-order chi connectivity index (χ0) is 12.1. The number of hydrogen-bond donors (Lipinski definition) is 1. The molecule has 0 aromatic carbocycles. The normalized spacial score (nSPS) is 19.8. The summed E-state index contributed by atoms with van der Waals surface area (Å²) >= 11 is 0. The van der Waals surface area contributed by atoms with Gasteiger partial charge in [0.2, 0.25) is 0 Å². The zero-order valence-corrected chi connectivity index (χ0v) is 9.97. The van der Waals surface area contributed by atoms with Gasteiger partial charge in [-0.15, -0.1) is 0 Å². The molecule has 1 unspecified atom stereocenters. The number of likely N-dealkylation sites (tertiary alicyclic amines) is 1. The van der Waals surface area contributed by atoms with Gasteiger partial charge in [0.15, 0.2) is 0 Å². The maximum absolute atomic E-state index is 11.3. The molecule has 0 spiro atoms. The highest BCUT2D eigenvalue weighted by Gasteiger charge is 2.25. The third-order valence-corrected chi connectivity index (χ3v) is 3.32. The van der Waals surface area contributed by atoms with E-state index in [1.807, 2.05) is 0 Å². The number of rotatable bonds is 4. The van der Waals surface area contributed by atoms with Gasteiger partial charge in [0.1, 0.15) is 11.7 Å². The number of furan rings is 1. The van der Waals surface area contributed by atoms with E-state index in [0.717, 1.165) is 13.1 Å². The van der Waals surface area contributed by atoms with E-state index in [1.54, 1.807) is 12.1 Å². The van der Waals surface area contributed by atoms with E-state index in [-0.39, 0.29) is 0 Å². The van der Waals surface area contributed by atoms with E-state index < -0.39 is 11.9 Å². The minimum atomic E-state index is -0.802. The molecule has 17 heavy (non-hydrogen) atoms. The molecule has 1 atom stereocenters. The highest BCUT2D eigenvalue weighted by molar-refractivity contribution is 5.75. The summed E-state index contributed by atoms with van der Waals surface area (Å²) in [6.07, 6.45) is 6.40. The van der Waals surface area contributed by atoms with Crippen molar-refractivity contribution in [3.63, 3.8) is 0 Å². The number of carboxylic acid groups (broad SMARTS) is 1. The van der Waals surface area contributed by atoms with Crippen molar-refractivity contribution in [2.24, 2.45) is 0 Å². The summed E-state index contributed by atoms with van der Waals surface area (Å²) in [6.45, 7) is 2.57. The molecule has 4 heteroatoms. The summed E-state index contributed by atoms with van der Waals surface area (Å²) in [4.78, 5) is 13.5. The summed E-state index contributed by atoms with van der Waals surface area (Å²) in [7, 11) is 0. The zero-order valence-electron chi connectivity index (χ0n) is 9.97. The van der Waals surface area contributed by atoms with Gasteiger partial charge in [-0.05, 0) is 38.1 Å². The highest BCUT2D eigenvalue weighted by atomic mass is 16.4. The molecule has 4 nitrogen and oxygen atoms in total. The van der Waals surface area contributed by atoms with E-state index in [1.165, 1.54) is 31.9 Å². The van der Waals surface area contributed by atoms with Crippen LogP contribution < -0.4 is 0 Å². The van der Waals surface area contributed by atoms with E-state index in [2.05, 4.69) is 4.90 Å². The molecule has 2 rings (SSSR count). The van der Waals surface area contributed by atoms with Crippen LogP contribution in [0.2, 0.25) is 0 Å². The number of carbonyl (C=O) groups is 1. The molecule has 0 aliphatic carbocycles. The van der Waals surface area contributed by atoms with Crippen LogP contribution in [0.3, 0.4) is 0 Å². The fourth-order valence-electron chi connectivity index (χ4n) is 2.36. The lowest BCUT2D eigenvalue weighted by molar-refractivity contribution is -0.139. The second kappa shape index (κ2) is 5.87. The third-order valence-electron chi connectivity index (χ3n) is 3.32. The molecule has 1 saturated heterocycles. The Morgan fingerprint density at radius 1 is 1.35 bits per heavy atom. The molecule has 1 aromatic heterocycles. The Labute approximate surface area is 101 Å². The molecular weight excluding hydrogens is 218 g/mol. The third kappa shape index (κ3) is 3.33. The van der Waals surface area contributed by atoms with Crippen LogP contribution in [0.1, 0.15) is 37.4 Å². The monoisotopic (exact) mass is 237 g/mol. The van der Waals surface area contributed by atoms with Crippen LogP contribution in [0.15, 0.2) is 22.8 Å². The van der Waals surface area contributed by atoms with E-state index in [4.69, 9.17) is 4.42 Å². The van der Waals surface area contributed by atoms with Crippen molar-refractivity contribution in [3.05, 3.63) is 24.2 Å². The van der Waals surface area contributed by atoms with Crippen LogP contribution in [-0.4, -0.2) is 35.6 Å². The maximum atomic E-state index is 11.3. The summed E-state index contributed by atoms with van der Waals surface area (Å²) in [5, 5.41) is 9.26. The minimum absolute atomic E-state index is 0.539. The van der Waals surface area contributed by atoms with Gasteiger partial charge in [-0.1, -0.05) is 12.8 Å². The first-order valence-corrected chi connectivity index (χ1v) is 6.26. The van der Waals surface area contributed by atoms with Crippen molar-refractivity contribution in [2.45, 2.75) is 31.6 Å². The van der Waals surface area contributed by atoms with Crippen molar-refractivity contribution < 1.29 is 14.3 Å². The minimum Gasteiger partial charge on any atom is -0.481 e. The van der Waals surface area contributed by atoms with Crippen molar-refractivity contribution in [1.82, 2.24) is 4.90 Å². The maximum Gasteiger partial charge on any atom is 0.315 e. The Kier molecular flexibility index (Phi) is 4.20. The van der Waals surface area contributed by atoms with Gasteiger partial charge >= 0.3 is 5.97 Å². The molecule has 0 amide bonds. The summed E-state index contributed by atoms with van der Waals surface area (Å²) in [6, 6.07) is 3.49. The van der Waals surface area contributed by atoms with Gasteiger partial charge in [-0.25, -0.2) is 0 Å². The first kappa shape index (κ1) is 12.2. The lowest BCUT2D eigenvalue weighted by atomic mass is 10.1. The molecule has 1 fully saturated rings. The molecule has 94 valence electrons. The molecule has 1 aliphatic rings. The number of hydrogen-bond acceptors (Lipinski definition) is 3. The van der Waals surface area contributed by atoms with Crippen molar-refractivity contribution in [3.8, 4) is 0 Å². The van der Waals surface area contributed by atoms with Gasteiger partial charge < -0.3 is 14.4 Å². The topological polar surface area (TPSA) is 53.7 Å². The highest BCUT2D eigenvalue weighted by Crippen LogP contribution is 2.20. The van der Waals surface area contributed by atoms with Gasteiger partial charge in [0.25, 0.3) is 0 Å². The van der Waals surface area contributed by atoms with Crippen LogP contribution in [0.4, 0.5) is 0 Å². The molecule has 0 radical (unpaired) electrons. The SMILES string of the molecule is O=C(O)C(CN1CCCCCC1)c1ccco1. The molecule has 0 bridgehead atoms. The Hall–Kier alpha value is -1.29. The van der Waals surface area contributed by atoms with Crippen molar-refractivity contribution in [1.29, 1.82) is 0 Å². The summed E-state index contributed by atoms with van der Waals surface area (Å²) in [5.74, 6) is -0.783. The van der Waals surface area contributed by atoms with Crippen LogP contribution >= 0.6 is 0 Å². The number of aliphatic carboxylic acids is 1. The van der Waals surface area contributed by atoms with Crippen LogP contribution in [0.25, 0.3) is 0 Å². The van der Waals surface area contributed by atoms with Gasteiger partial charge in [0.05, 0.1) is 6.26 Å². The summed E-state index contributed by atoms with van der Waals surface area (Å²) < 4.78 is 5.22.